The number of fused-ring (bicyclic) bond motifs is 1. The van der Waals surface area contributed by atoms with Crippen LogP contribution in [0.4, 0.5) is 0 Å². The van der Waals surface area contributed by atoms with Gasteiger partial charge in [-0.25, -0.2) is 0 Å². The first kappa shape index (κ1) is 14.3. The van der Waals surface area contributed by atoms with Gasteiger partial charge in [-0.05, 0) is 38.1 Å². The first-order chi connectivity index (χ1) is 9.56. The van der Waals surface area contributed by atoms with Gasteiger partial charge in [-0.1, -0.05) is 18.1 Å². The second kappa shape index (κ2) is 5.87. The molecule has 0 saturated heterocycles. The van der Waals surface area contributed by atoms with Crippen LogP contribution in [0.25, 0.3) is 0 Å². The fourth-order valence-electron chi connectivity index (χ4n) is 2.33. The van der Waals surface area contributed by atoms with Gasteiger partial charge in [0, 0.05) is 0 Å². The van der Waals surface area contributed by atoms with Crippen molar-refractivity contribution in [2.75, 3.05) is 20.1 Å². The second-order valence-electron chi connectivity index (χ2n) is 4.81. The SMILES string of the molecule is C#CCN(C)CCCc1cccc2c1C(=O)N(O)C2=O. The summed E-state index contributed by atoms with van der Waals surface area (Å²) in [7, 11) is 1.93. The molecule has 0 bridgehead atoms. The molecule has 1 aromatic rings. The van der Waals surface area contributed by atoms with Gasteiger partial charge in [0.2, 0.25) is 0 Å². The molecule has 1 aliphatic heterocycles. The minimum absolute atomic E-state index is 0.179. The maximum atomic E-state index is 11.8. The van der Waals surface area contributed by atoms with Crippen LogP contribution in [-0.4, -0.2) is 47.1 Å². The van der Waals surface area contributed by atoms with Crippen molar-refractivity contribution >= 4 is 11.8 Å². The Balaban J connectivity index is 2.10. The summed E-state index contributed by atoms with van der Waals surface area (Å²) in [6.07, 6.45) is 6.71. The lowest BCUT2D eigenvalue weighted by molar-refractivity contribution is -0.0327. The maximum absolute atomic E-state index is 11.8. The fourth-order valence-corrected chi connectivity index (χ4v) is 2.33. The summed E-state index contributed by atoms with van der Waals surface area (Å²) in [6, 6.07) is 5.09. The highest BCUT2D eigenvalue weighted by atomic mass is 16.5. The Kier molecular flexibility index (Phi) is 4.18. The average Bonchev–Trinajstić information content (AvgIpc) is 2.65. The maximum Gasteiger partial charge on any atom is 0.285 e. The van der Waals surface area contributed by atoms with E-state index < -0.39 is 11.8 Å². The molecule has 0 fully saturated rings. The van der Waals surface area contributed by atoms with Crippen molar-refractivity contribution < 1.29 is 14.8 Å². The third-order valence-electron chi connectivity index (χ3n) is 3.33. The van der Waals surface area contributed by atoms with Crippen LogP contribution in [0.15, 0.2) is 18.2 Å². The molecule has 5 nitrogen and oxygen atoms in total. The quantitative estimate of drug-likeness (QED) is 0.496. The van der Waals surface area contributed by atoms with Crippen LogP contribution < -0.4 is 0 Å². The van der Waals surface area contributed by atoms with Crippen molar-refractivity contribution in [3.8, 4) is 12.3 Å². The van der Waals surface area contributed by atoms with E-state index in [1.807, 2.05) is 18.0 Å². The third kappa shape index (κ3) is 2.57. The molecule has 0 unspecified atom stereocenters. The van der Waals surface area contributed by atoms with E-state index >= 15 is 0 Å². The third-order valence-corrected chi connectivity index (χ3v) is 3.33. The highest BCUT2D eigenvalue weighted by Gasteiger charge is 2.36. The number of carbonyl (C=O) groups excluding carboxylic acids is 2. The number of imide groups is 1. The van der Waals surface area contributed by atoms with Gasteiger partial charge in [-0.3, -0.25) is 19.7 Å². The summed E-state index contributed by atoms with van der Waals surface area (Å²) >= 11 is 0. The van der Waals surface area contributed by atoms with Gasteiger partial charge in [-0.15, -0.1) is 11.5 Å². The Labute approximate surface area is 117 Å². The highest BCUT2D eigenvalue weighted by molar-refractivity contribution is 6.21. The normalized spacial score (nSPS) is 13.8. The topological polar surface area (TPSA) is 60.9 Å². The lowest BCUT2D eigenvalue weighted by Crippen LogP contribution is -2.25. The van der Waals surface area contributed by atoms with Crippen LogP contribution in [0.2, 0.25) is 0 Å². The highest BCUT2D eigenvalue weighted by Crippen LogP contribution is 2.25. The van der Waals surface area contributed by atoms with Crippen LogP contribution >= 0.6 is 0 Å². The van der Waals surface area contributed by atoms with Crippen molar-refractivity contribution in [3.63, 3.8) is 0 Å². The molecule has 20 heavy (non-hydrogen) atoms. The number of hydrogen-bond acceptors (Lipinski definition) is 4. The van der Waals surface area contributed by atoms with E-state index in [1.54, 1.807) is 12.1 Å². The predicted molar refractivity (Wildman–Crippen MR) is 73.4 cm³/mol. The number of hydroxylamine groups is 2. The van der Waals surface area contributed by atoms with Gasteiger partial charge in [0.1, 0.15) is 0 Å². The largest absolute Gasteiger partial charge is 0.295 e. The van der Waals surface area contributed by atoms with E-state index in [2.05, 4.69) is 5.92 Å². The first-order valence-electron chi connectivity index (χ1n) is 6.37. The number of aryl methyl sites for hydroxylation is 1. The molecular formula is C15H16N2O3. The molecule has 5 heteroatoms. The van der Waals surface area contributed by atoms with Gasteiger partial charge in [0.05, 0.1) is 17.7 Å². The van der Waals surface area contributed by atoms with Crippen LogP contribution in [0.5, 0.6) is 0 Å². The summed E-state index contributed by atoms with van der Waals surface area (Å²) in [5, 5.41) is 9.58. The molecule has 0 atom stereocenters. The van der Waals surface area contributed by atoms with Crippen molar-refractivity contribution in [2.24, 2.45) is 0 Å². The fraction of sp³-hybridized carbons (Fsp3) is 0.333. The standard InChI is InChI=1S/C15H16N2O3/c1-3-9-16(2)10-5-7-11-6-4-8-12-13(11)15(19)17(20)14(12)18/h1,4,6,8,20H,5,7,9-10H2,2H3. The first-order valence-corrected chi connectivity index (χ1v) is 6.37. The lowest BCUT2D eigenvalue weighted by atomic mass is 9.99. The zero-order valence-corrected chi connectivity index (χ0v) is 11.3. The number of rotatable bonds is 5. The molecule has 1 N–H and O–H groups in total. The van der Waals surface area contributed by atoms with Crippen LogP contribution in [0.3, 0.4) is 0 Å². The molecule has 1 heterocycles. The van der Waals surface area contributed by atoms with Crippen molar-refractivity contribution in [2.45, 2.75) is 12.8 Å². The number of benzene rings is 1. The Bertz CT molecular complexity index is 589. The van der Waals surface area contributed by atoms with Gasteiger partial charge in [0.25, 0.3) is 11.8 Å². The number of carbonyl (C=O) groups is 2. The smallest absolute Gasteiger partial charge is 0.285 e. The minimum atomic E-state index is -0.656. The lowest BCUT2D eigenvalue weighted by Gasteiger charge is -2.13. The summed E-state index contributed by atoms with van der Waals surface area (Å²) < 4.78 is 0. The summed E-state index contributed by atoms with van der Waals surface area (Å²) in [6.45, 7) is 1.38. The molecule has 0 aromatic heterocycles. The molecule has 1 aliphatic rings. The number of terminal acetylenes is 1. The number of amides is 2. The predicted octanol–water partition coefficient (Wildman–Crippen LogP) is 1.17. The zero-order valence-electron chi connectivity index (χ0n) is 11.3. The van der Waals surface area contributed by atoms with E-state index in [1.165, 1.54) is 0 Å². The van der Waals surface area contributed by atoms with Gasteiger partial charge in [-0.2, -0.15) is 0 Å². The molecule has 0 radical (unpaired) electrons. The molecular weight excluding hydrogens is 256 g/mol. The Hall–Kier alpha value is -2.16. The average molecular weight is 272 g/mol. The van der Waals surface area contributed by atoms with Crippen LogP contribution in [0, 0.1) is 12.3 Å². The molecule has 2 amide bonds. The number of hydrogen-bond donors (Lipinski definition) is 1. The van der Waals surface area contributed by atoms with E-state index in [9.17, 15) is 14.8 Å². The van der Waals surface area contributed by atoms with E-state index in [0.29, 0.717) is 18.5 Å². The van der Waals surface area contributed by atoms with E-state index in [0.717, 1.165) is 18.5 Å². The molecule has 104 valence electrons. The molecule has 1 aromatic carbocycles. The van der Waals surface area contributed by atoms with E-state index in [4.69, 9.17) is 6.42 Å². The summed E-state index contributed by atoms with van der Waals surface area (Å²) in [5.41, 5.74) is 1.37. The van der Waals surface area contributed by atoms with Gasteiger partial charge < -0.3 is 0 Å². The van der Waals surface area contributed by atoms with Crippen molar-refractivity contribution in [1.82, 2.24) is 9.96 Å². The second-order valence-corrected chi connectivity index (χ2v) is 4.81. The Morgan fingerprint density at radius 2 is 2.10 bits per heavy atom. The Morgan fingerprint density at radius 3 is 2.80 bits per heavy atom. The van der Waals surface area contributed by atoms with Gasteiger partial charge >= 0.3 is 0 Å². The molecule has 0 spiro atoms. The minimum Gasteiger partial charge on any atom is -0.295 e. The van der Waals surface area contributed by atoms with Crippen molar-refractivity contribution in [1.29, 1.82) is 0 Å². The zero-order chi connectivity index (χ0) is 14.7. The van der Waals surface area contributed by atoms with Crippen LogP contribution in [0.1, 0.15) is 32.7 Å². The van der Waals surface area contributed by atoms with Crippen molar-refractivity contribution in [3.05, 3.63) is 34.9 Å². The molecule has 2 rings (SSSR count). The van der Waals surface area contributed by atoms with Crippen LogP contribution in [-0.2, 0) is 6.42 Å². The monoisotopic (exact) mass is 272 g/mol. The van der Waals surface area contributed by atoms with E-state index in [-0.39, 0.29) is 10.6 Å². The molecule has 0 saturated carbocycles. The van der Waals surface area contributed by atoms with Gasteiger partial charge in [0.15, 0.2) is 0 Å². The number of nitrogens with zero attached hydrogens (tertiary/aromatic N) is 2. The Morgan fingerprint density at radius 1 is 1.35 bits per heavy atom. The summed E-state index contributed by atoms with van der Waals surface area (Å²) in [5.74, 6) is 1.27. The summed E-state index contributed by atoms with van der Waals surface area (Å²) in [4.78, 5) is 25.5. The molecule has 0 aliphatic carbocycles.